The lowest BCUT2D eigenvalue weighted by Gasteiger charge is -2.16. The second-order valence-electron chi connectivity index (χ2n) is 5.26. The summed E-state index contributed by atoms with van der Waals surface area (Å²) >= 11 is 0. The molecule has 3 rings (SSSR count). The van der Waals surface area contributed by atoms with Gasteiger partial charge in [-0.05, 0) is 24.6 Å². The fourth-order valence-electron chi connectivity index (χ4n) is 2.63. The first-order valence-corrected chi connectivity index (χ1v) is 8.21. The molecule has 116 valence electrons. The van der Waals surface area contributed by atoms with Crippen LogP contribution in [0.5, 0.6) is 11.5 Å². The van der Waals surface area contributed by atoms with Crippen LogP contribution in [0.3, 0.4) is 0 Å². The number of phenols is 1. The molecule has 1 unspecified atom stereocenters. The molecule has 0 aromatic heterocycles. The molecule has 1 heterocycles. The summed E-state index contributed by atoms with van der Waals surface area (Å²) in [6, 6.07) is 9.97. The summed E-state index contributed by atoms with van der Waals surface area (Å²) in [5, 5.41) is 9.52. The molecule has 0 saturated carbocycles. The molecular formula is C16H16O5S. The molecule has 1 atom stereocenters. The van der Waals surface area contributed by atoms with Crippen molar-refractivity contribution in [3.05, 3.63) is 53.1 Å². The van der Waals surface area contributed by atoms with Gasteiger partial charge in [-0.2, -0.15) is 8.42 Å². The van der Waals surface area contributed by atoms with Crippen molar-refractivity contribution in [2.75, 3.05) is 7.11 Å². The van der Waals surface area contributed by atoms with Crippen molar-refractivity contribution in [3.63, 3.8) is 0 Å². The Morgan fingerprint density at radius 2 is 2.00 bits per heavy atom. The van der Waals surface area contributed by atoms with Crippen molar-refractivity contribution in [3.8, 4) is 11.5 Å². The molecule has 1 aliphatic rings. The SMILES string of the molecule is COS(=O)(=O)c1ccc(C)cc1C1Cc2ccc(O)cc2O1. The van der Waals surface area contributed by atoms with Crippen LogP contribution in [0.4, 0.5) is 0 Å². The number of hydrogen-bond donors (Lipinski definition) is 1. The number of fused-ring (bicyclic) bond motifs is 1. The molecule has 0 spiro atoms. The average Bonchev–Trinajstić information content (AvgIpc) is 2.89. The maximum Gasteiger partial charge on any atom is 0.297 e. The van der Waals surface area contributed by atoms with Gasteiger partial charge in [-0.15, -0.1) is 0 Å². The zero-order valence-electron chi connectivity index (χ0n) is 12.2. The van der Waals surface area contributed by atoms with Crippen molar-refractivity contribution in [1.29, 1.82) is 0 Å². The standard InChI is InChI=1S/C16H16O5S/c1-10-3-6-16(22(18,19)20-2)13(7-10)15-8-11-4-5-12(17)9-14(11)21-15/h3-7,9,15,17H,8H2,1-2H3. The number of hydrogen-bond acceptors (Lipinski definition) is 5. The van der Waals surface area contributed by atoms with E-state index in [2.05, 4.69) is 4.18 Å². The van der Waals surface area contributed by atoms with E-state index in [9.17, 15) is 13.5 Å². The lowest BCUT2D eigenvalue weighted by molar-refractivity contribution is 0.234. The normalized spacial score (nSPS) is 17.1. The number of aryl methyl sites for hydroxylation is 1. The molecule has 6 heteroatoms. The van der Waals surface area contributed by atoms with Gasteiger partial charge >= 0.3 is 0 Å². The zero-order valence-corrected chi connectivity index (χ0v) is 13.1. The van der Waals surface area contributed by atoms with Gasteiger partial charge in [0.25, 0.3) is 10.1 Å². The van der Waals surface area contributed by atoms with E-state index < -0.39 is 16.2 Å². The van der Waals surface area contributed by atoms with Gasteiger partial charge in [0, 0.05) is 18.1 Å². The Morgan fingerprint density at radius 1 is 1.23 bits per heavy atom. The molecule has 0 amide bonds. The molecule has 0 fully saturated rings. The molecule has 22 heavy (non-hydrogen) atoms. The van der Waals surface area contributed by atoms with Gasteiger partial charge in [0.1, 0.15) is 22.5 Å². The van der Waals surface area contributed by atoms with E-state index in [1.165, 1.54) is 12.1 Å². The molecule has 1 aliphatic heterocycles. The van der Waals surface area contributed by atoms with Crippen LogP contribution in [-0.2, 0) is 20.7 Å². The van der Waals surface area contributed by atoms with Crippen molar-refractivity contribution in [1.82, 2.24) is 0 Å². The highest BCUT2D eigenvalue weighted by Crippen LogP contribution is 2.40. The van der Waals surface area contributed by atoms with Crippen LogP contribution in [0.15, 0.2) is 41.3 Å². The van der Waals surface area contributed by atoms with Gasteiger partial charge in [0.2, 0.25) is 0 Å². The first kappa shape index (κ1) is 14.9. The predicted molar refractivity (Wildman–Crippen MR) is 80.6 cm³/mol. The molecule has 2 aromatic carbocycles. The first-order chi connectivity index (χ1) is 10.4. The smallest absolute Gasteiger partial charge is 0.297 e. The lowest BCUT2D eigenvalue weighted by Crippen LogP contribution is -2.12. The van der Waals surface area contributed by atoms with Crippen LogP contribution in [0.1, 0.15) is 22.8 Å². The summed E-state index contributed by atoms with van der Waals surface area (Å²) in [5.74, 6) is 0.695. The summed E-state index contributed by atoms with van der Waals surface area (Å²) in [4.78, 5) is 0.114. The third kappa shape index (κ3) is 2.55. The molecule has 5 nitrogen and oxygen atoms in total. The maximum absolute atomic E-state index is 12.1. The van der Waals surface area contributed by atoms with Gasteiger partial charge in [0.05, 0.1) is 7.11 Å². The van der Waals surface area contributed by atoms with Gasteiger partial charge < -0.3 is 9.84 Å². The Kier molecular flexibility index (Phi) is 3.58. The first-order valence-electron chi connectivity index (χ1n) is 6.80. The molecule has 1 N–H and O–H groups in total. The minimum atomic E-state index is -3.81. The zero-order chi connectivity index (χ0) is 15.9. The van der Waals surface area contributed by atoms with Crippen LogP contribution in [-0.4, -0.2) is 20.6 Å². The van der Waals surface area contributed by atoms with Crippen LogP contribution in [0.2, 0.25) is 0 Å². The maximum atomic E-state index is 12.1. The van der Waals surface area contributed by atoms with Gasteiger partial charge in [-0.25, -0.2) is 0 Å². The van der Waals surface area contributed by atoms with Crippen molar-refractivity contribution >= 4 is 10.1 Å². The predicted octanol–water partition coefficient (Wildman–Crippen LogP) is 2.71. The lowest BCUT2D eigenvalue weighted by atomic mass is 10.0. The van der Waals surface area contributed by atoms with Gasteiger partial charge in [0.15, 0.2) is 0 Å². The highest BCUT2D eigenvalue weighted by Gasteiger charge is 2.30. The topological polar surface area (TPSA) is 72.8 Å². The van der Waals surface area contributed by atoms with E-state index in [0.29, 0.717) is 17.7 Å². The van der Waals surface area contributed by atoms with E-state index in [4.69, 9.17) is 4.74 Å². The average molecular weight is 320 g/mol. The van der Waals surface area contributed by atoms with E-state index in [0.717, 1.165) is 18.2 Å². The quantitative estimate of drug-likeness (QED) is 0.880. The van der Waals surface area contributed by atoms with Crippen LogP contribution in [0.25, 0.3) is 0 Å². The Balaban J connectivity index is 2.05. The molecule has 0 saturated heterocycles. The van der Waals surface area contributed by atoms with Crippen molar-refractivity contribution in [2.45, 2.75) is 24.3 Å². The number of phenolic OH excluding ortho intramolecular Hbond substituents is 1. The van der Waals surface area contributed by atoms with Crippen LogP contribution in [0, 0.1) is 6.92 Å². The fraction of sp³-hybridized carbons (Fsp3) is 0.250. The van der Waals surface area contributed by atoms with Crippen molar-refractivity contribution in [2.24, 2.45) is 0 Å². The number of benzene rings is 2. The second-order valence-corrected chi connectivity index (χ2v) is 6.95. The monoisotopic (exact) mass is 320 g/mol. The second kappa shape index (κ2) is 5.30. The fourth-order valence-corrected chi connectivity index (χ4v) is 3.52. The highest BCUT2D eigenvalue weighted by atomic mass is 32.2. The minimum absolute atomic E-state index is 0.114. The Labute approximate surface area is 129 Å². The van der Waals surface area contributed by atoms with Gasteiger partial charge in [-0.3, -0.25) is 4.18 Å². The molecule has 2 aromatic rings. The van der Waals surface area contributed by atoms with Crippen LogP contribution < -0.4 is 4.74 Å². The summed E-state index contributed by atoms with van der Waals surface area (Å²) in [6.45, 7) is 1.89. The van der Waals surface area contributed by atoms with E-state index in [-0.39, 0.29) is 10.6 Å². The number of aromatic hydroxyl groups is 1. The van der Waals surface area contributed by atoms with E-state index in [1.54, 1.807) is 24.3 Å². The summed E-state index contributed by atoms with van der Waals surface area (Å²) in [5.41, 5.74) is 2.44. The van der Waals surface area contributed by atoms with Crippen molar-refractivity contribution < 1.29 is 22.4 Å². The molecule has 0 radical (unpaired) electrons. The molecule has 0 aliphatic carbocycles. The molecular weight excluding hydrogens is 304 g/mol. The van der Waals surface area contributed by atoms with Gasteiger partial charge in [-0.1, -0.05) is 23.8 Å². The number of rotatable bonds is 3. The summed E-state index contributed by atoms with van der Waals surface area (Å²) in [6.07, 6.45) is 0.127. The highest BCUT2D eigenvalue weighted by molar-refractivity contribution is 7.86. The van der Waals surface area contributed by atoms with E-state index >= 15 is 0 Å². The summed E-state index contributed by atoms with van der Waals surface area (Å²) < 4.78 is 34.7. The third-order valence-corrected chi connectivity index (χ3v) is 5.08. The minimum Gasteiger partial charge on any atom is -0.508 e. The Hall–Kier alpha value is -2.05. The van der Waals surface area contributed by atoms with E-state index in [1.807, 2.05) is 6.92 Å². The Morgan fingerprint density at radius 3 is 2.73 bits per heavy atom. The largest absolute Gasteiger partial charge is 0.508 e. The summed E-state index contributed by atoms with van der Waals surface area (Å²) in [7, 11) is -2.67. The number of ether oxygens (including phenoxy) is 1. The Bertz CT molecular complexity index is 826. The molecule has 0 bridgehead atoms. The third-order valence-electron chi connectivity index (χ3n) is 3.73. The van der Waals surface area contributed by atoms with Crippen LogP contribution >= 0.6 is 0 Å².